The van der Waals surface area contributed by atoms with E-state index in [2.05, 4.69) is 32.4 Å². The molecule has 0 atom stereocenters. The minimum Gasteiger partial charge on any atom is -0.280 e. The molecule has 0 unspecified atom stereocenters. The molecule has 0 saturated heterocycles. The Bertz CT molecular complexity index is 724. The number of rotatable bonds is 4. The van der Waals surface area contributed by atoms with Crippen LogP contribution in [-0.2, 0) is 21.9 Å². The van der Waals surface area contributed by atoms with Crippen LogP contribution in [0.15, 0.2) is 53.4 Å². The highest BCUT2D eigenvalue weighted by atomic mass is 32.2. The molecule has 0 aliphatic carbocycles. The second-order valence-electron chi connectivity index (χ2n) is 6.43. The fourth-order valence-corrected chi connectivity index (χ4v) is 3.22. The molecule has 0 saturated carbocycles. The van der Waals surface area contributed by atoms with E-state index in [9.17, 15) is 8.42 Å². The molecule has 2 aromatic carbocycles. The maximum absolute atomic E-state index is 12.4. The highest BCUT2D eigenvalue weighted by Crippen LogP contribution is 2.24. The largest absolute Gasteiger partial charge is 0.280 e. The third kappa shape index (κ3) is 3.89. The summed E-state index contributed by atoms with van der Waals surface area (Å²) in [5.74, 6) is 0. The van der Waals surface area contributed by atoms with Crippen LogP contribution in [0.1, 0.15) is 38.8 Å². The summed E-state index contributed by atoms with van der Waals surface area (Å²) in [5.41, 5.74) is 2.87. The Morgan fingerprint density at radius 1 is 0.909 bits per heavy atom. The molecule has 0 fully saturated rings. The number of aryl methyl sites for hydroxylation is 1. The summed E-state index contributed by atoms with van der Waals surface area (Å²) in [6, 6.07) is 14.5. The van der Waals surface area contributed by atoms with Crippen molar-refractivity contribution >= 4 is 15.7 Å². The lowest BCUT2D eigenvalue weighted by atomic mass is 9.87. The van der Waals surface area contributed by atoms with Crippen LogP contribution in [0.5, 0.6) is 0 Å². The highest BCUT2D eigenvalue weighted by Gasteiger charge is 2.17. The van der Waals surface area contributed by atoms with E-state index in [-0.39, 0.29) is 10.3 Å². The van der Waals surface area contributed by atoms with Gasteiger partial charge in [-0.3, -0.25) is 4.72 Å². The number of sulfonamides is 1. The normalized spacial score (nSPS) is 12.2. The standard InChI is InChI=1S/C18H23NO2S/c1-5-14-6-10-16(11-7-14)19-22(20,21)17-12-8-15(9-13-17)18(2,3)4/h6-13,19H,5H2,1-4H3. The van der Waals surface area contributed by atoms with Crippen molar-refractivity contribution in [1.29, 1.82) is 0 Å². The molecule has 22 heavy (non-hydrogen) atoms. The lowest BCUT2D eigenvalue weighted by Gasteiger charge is -2.19. The van der Waals surface area contributed by atoms with E-state index in [4.69, 9.17) is 0 Å². The molecular formula is C18H23NO2S. The molecule has 4 heteroatoms. The lowest BCUT2D eigenvalue weighted by molar-refractivity contribution is 0.587. The zero-order valence-electron chi connectivity index (χ0n) is 13.6. The SMILES string of the molecule is CCc1ccc(NS(=O)(=O)c2ccc(C(C)(C)C)cc2)cc1. The summed E-state index contributed by atoms with van der Waals surface area (Å²) in [4.78, 5) is 0.278. The van der Waals surface area contributed by atoms with Crippen LogP contribution in [-0.4, -0.2) is 8.42 Å². The molecule has 0 aromatic heterocycles. The van der Waals surface area contributed by atoms with Gasteiger partial charge < -0.3 is 0 Å². The maximum Gasteiger partial charge on any atom is 0.261 e. The zero-order chi connectivity index (χ0) is 16.4. The van der Waals surface area contributed by atoms with Crippen molar-refractivity contribution in [1.82, 2.24) is 0 Å². The molecule has 0 heterocycles. The van der Waals surface area contributed by atoms with Crippen molar-refractivity contribution in [3.63, 3.8) is 0 Å². The van der Waals surface area contributed by atoms with Gasteiger partial charge in [-0.05, 0) is 47.2 Å². The number of nitrogens with one attached hydrogen (secondary N) is 1. The fraction of sp³-hybridized carbons (Fsp3) is 0.333. The van der Waals surface area contributed by atoms with Gasteiger partial charge in [0.25, 0.3) is 10.0 Å². The smallest absolute Gasteiger partial charge is 0.261 e. The van der Waals surface area contributed by atoms with Crippen LogP contribution in [0.2, 0.25) is 0 Å². The molecule has 0 amide bonds. The monoisotopic (exact) mass is 317 g/mol. The molecule has 3 nitrogen and oxygen atoms in total. The van der Waals surface area contributed by atoms with Crippen LogP contribution < -0.4 is 4.72 Å². The second-order valence-corrected chi connectivity index (χ2v) is 8.11. The predicted molar refractivity (Wildman–Crippen MR) is 91.8 cm³/mol. The van der Waals surface area contributed by atoms with E-state index in [1.54, 1.807) is 24.3 Å². The molecule has 1 N–H and O–H groups in total. The molecular weight excluding hydrogens is 294 g/mol. The average molecular weight is 317 g/mol. The van der Waals surface area contributed by atoms with Crippen LogP contribution in [0.25, 0.3) is 0 Å². The van der Waals surface area contributed by atoms with E-state index in [1.165, 1.54) is 5.56 Å². The maximum atomic E-state index is 12.4. The van der Waals surface area contributed by atoms with Gasteiger partial charge in [-0.2, -0.15) is 0 Å². The molecule has 0 aliphatic rings. The summed E-state index contributed by atoms with van der Waals surface area (Å²) < 4.78 is 27.4. The van der Waals surface area contributed by atoms with E-state index in [0.717, 1.165) is 12.0 Å². The van der Waals surface area contributed by atoms with E-state index in [1.807, 2.05) is 24.3 Å². The van der Waals surface area contributed by atoms with Crippen molar-refractivity contribution in [3.05, 3.63) is 59.7 Å². The zero-order valence-corrected chi connectivity index (χ0v) is 14.4. The summed E-state index contributed by atoms with van der Waals surface area (Å²) in [6.07, 6.45) is 0.932. The number of hydrogen-bond donors (Lipinski definition) is 1. The Hall–Kier alpha value is -1.81. The van der Waals surface area contributed by atoms with Gasteiger partial charge in [-0.15, -0.1) is 0 Å². The molecule has 2 rings (SSSR count). The number of benzene rings is 2. The molecule has 0 bridgehead atoms. The quantitative estimate of drug-likeness (QED) is 0.911. The van der Waals surface area contributed by atoms with Crippen molar-refractivity contribution < 1.29 is 8.42 Å². The van der Waals surface area contributed by atoms with Gasteiger partial charge in [0.1, 0.15) is 0 Å². The van der Waals surface area contributed by atoms with Crippen molar-refractivity contribution in [2.24, 2.45) is 0 Å². The first-order chi connectivity index (χ1) is 10.2. The Labute approximate surface area is 133 Å². The summed E-state index contributed by atoms with van der Waals surface area (Å²) in [7, 11) is -3.55. The average Bonchev–Trinajstić information content (AvgIpc) is 2.47. The molecule has 0 spiro atoms. The first-order valence-electron chi connectivity index (χ1n) is 7.44. The lowest BCUT2D eigenvalue weighted by Crippen LogP contribution is -2.14. The van der Waals surface area contributed by atoms with Crippen molar-refractivity contribution in [3.8, 4) is 0 Å². The Morgan fingerprint density at radius 3 is 1.91 bits per heavy atom. The second kappa shape index (κ2) is 6.13. The van der Waals surface area contributed by atoms with E-state index < -0.39 is 10.0 Å². The minimum atomic E-state index is -3.55. The summed E-state index contributed by atoms with van der Waals surface area (Å²) in [6.45, 7) is 8.37. The third-order valence-electron chi connectivity index (χ3n) is 3.65. The molecule has 0 radical (unpaired) electrons. The number of hydrogen-bond acceptors (Lipinski definition) is 2. The Kier molecular flexibility index (Phi) is 4.61. The van der Waals surface area contributed by atoms with Gasteiger partial charge in [-0.25, -0.2) is 8.42 Å². The number of anilines is 1. The molecule has 0 aliphatic heterocycles. The summed E-state index contributed by atoms with van der Waals surface area (Å²) >= 11 is 0. The van der Waals surface area contributed by atoms with Gasteiger partial charge >= 0.3 is 0 Å². The minimum absolute atomic E-state index is 0.00566. The van der Waals surface area contributed by atoms with Gasteiger partial charge in [0, 0.05) is 5.69 Å². The van der Waals surface area contributed by atoms with Gasteiger partial charge in [0.2, 0.25) is 0 Å². The predicted octanol–water partition coefficient (Wildman–Crippen LogP) is 4.35. The Balaban J connectivity index is 2.22. The van der Waals surface area contributed by atoms with Crippen LogP contribution >= 0.6 is 0 Å². The van der Waals surface area contributed by atoms with Crippen LogP contribution in [0.3, 0.4) is 0 Å². The van der Waals surface area contributed by atoms with Gasteiger partial charge in [-0.1, -0.05) is 52.0 Å². The van der Waals surface area contributed by atoms with Crippen molar-refractivity contribution in [2.45, 2.75) is 44.4 Å². The first kappa shape index (κ1) is 16.6. The van der Waals surface area contributed by atoms with E-state index >= 15 is 0 Å². The fourth-order valence-electron chi connectivity index (χ4n) is 2.16. The van der Waals surface area contributed by atoms with Crippen LogP contribution in [0.4, 0.5) is 5.69 Å². The Morgan fingerprint density at radius 2 is 1.45 bits per heavy atom. The van der Waals surface area contributed by atoms with E-state index in [0.29, 0.717) is 5.69 Å². The highest BCUT2D eigenvalue weighted by molar-refractivity contribution is 7.92. The molecule has 2 aromatic rings. The summed E-state index contributed by atoms with van der Waals surface area (Å²) in [5, 5.41) is 0. The van der Waals surface area contributed by atoms with Crippen LogP contribution in [0, 0.1) is 0 Å². The van der Waals surface area contributed by atoms with Gasteiger partial charge in [0.15, 0.2) is 0 Å². The third-order valence-corrected chi connectivity index (χ3v) is 5.04. The van der Waals surface area contributed by atoms with Crippen molar-refractivity contribution in [2.75, 3.05) is 4.72 Å². The van der Waals surface area contributed by atoms with Gasteiger partial charge in [0.05, 0.1) is 4.90 Å². The molecule has 118 valence electrons. The first-order valence-corrected chi connectivity index (χ1v) is 8.93. The topological polar surface area (TPSA) is 46.2 Å².